The van der Waals surface area contributed by atoms with Gasteiger partial charge >= 0.3 is 0 Å². The van der Waals surface area contributed by atoms with Crippen molar-refractivity contribution in [2.24, 2.45) is 0 Å². The summed E-state index contributed by atoms with van der Waals surface area (Å²) in [5, 5.41) is 5.95. The quantitative estimate of drug-likeness (QED) is 0.780. The standard InChI is InChI=1S/C12H9NOS/c14-12(8-15)13-11-7-3-5-9-4-1-2-6-10(9)11/h1-8H,(H,13,14). The van der Waals surface area contributed by atoms with E-state index in [0.29, 0.717) is 0 Å². The van der Waals surface area contributed by atoms with Gasteiger partial charge < -0.3 is 5.32 Å². The average molecular weight is 215 g/mol. The number of rotatable bonds is 2. The van der Waals surface area contributed by atoms with Gasteiger partial charge in [-0.2, -0.15) is 0 Å². The van der Waals surface area contributed by atoms with Crippen LogP contribution in [-0.2, 0) is 4.79 Å². The van der Waals surface area contributed by atoms with Crippen LogP contribution in [0.4, 0.5) is 5.69 Å². The molecule has 0 saturated heterocycles. The van der Waals surface area contributed by atoms with Gasteiger partial charge in [-0.25, -0.2) is 0 Å². The van der Waals surface area contributed by atoms with E-state index in [9.17, 15) is 4.79 Å². The van der Waals surface area contributed by atoms with E-state index in [1.54, 1.807) is 0 Å². The Labute approximate surface area is 92.9 Å². The molecule has 1 amide bonds. The molecular formula is C12H9NOS. The Morgan fingerprint density at radius 3 is 2.67 bits per heavy atom. The molecule has 2 nitrogen and oxygen atoms in total. The number of fused-ring (bicyclic) bond motifs is 1. The first-order chi connectivity index (χ1) is 7.31. The Hall–Kier alpha value is -1.74. The van der Waals surface area contributed by atoms with Crippen LogP contribution in [0.2, 0.25) is 0 Å². The fraction of sp³-hybridized carbons (Fsp3) is 0. The lowest BCUT2D eigenvalue weighted by Crippen LogP contribution is -2.11. The van der Waals surface area contributed by atoms with Gasteiger partial charge in [0.25, 0.3) is 5.91 Å². The maximum atomic E-state index is 11.2. The zero-order valence-corrected chi connectivity index (χ0v) is 8.75. The molecule has 3 heteroatoms. The first-order valence-corrected chi connectivity index (χ1v) is 5.02. The molecule has 0 spiro atoms. The number of carbonyl (C=O) groups excluding carboxylic acids is 1. The monoisotopic (exact) mass is 215 g/mol. The Morgan fingerprint density at radius 2 is 1.87 bits per heavy atom. The van der Waals surface area contributed by atoms with Crippen LogP contribution in [-0.4, -0.2) is 11.3 Å². The fourth-order valence-corrected chi connectivity index (χ4v) is 1.56. The number of benzene rings is 2. The second-order valence-corrected chi connectivity index (χ2v) is 3.37. The summed E-state index contributed by atoms with van der Waals surface area (Å²) in [5.74, 6) is -0.263. The first kappa shape index (κ1) is 9.80. The second kappa shape index (κ2) is 4.19. The van der Waals surface area contributed by atoms with Crippen LogP contribution >= 0.6 is 12.2 Å². The van der Waals surface area contributed by atoms with Crippen molar-refractivity contribution in [2.45, 2.75) is 0 Å². The third kappa shape index (κ3) is 2.02. The summed E-state index contributed by atoms with van der Waals surface area (Å²) in [6.45, 7) is 0. The van der Waals surface area contributed by atoms with Crippen LogP contribution in [0.3, 0.4) is 0 Å². The van der Waals surface area contributed by atoms with E-state index in [1.807, 2.05) is 42.5 Å². The number of hydrogen-bond acceptors (Lipinski definition) is 2. The normalized spacial score (nSPS) is 9.87. The highest BCUT2D eigenvalue weighted by Gasteiger charge is 2.01. The molecule has 0 unspecified atom stereocenters. The van der Waals surface area contributed by atoms with E-state index in [4.69, 9.17) is 0 Å². The lowest BCUT2D eigenvalue weighted by molar-refractivity contribution is -0.109. The number of carbonyl (C=O) groups is 1. The van der Waals surface area contributed by atoms with E-state index < -0.39 is 0 Å². The summed E-state index contributed by atoms with van der Waals surface area (Å²) in [5.41, 5.74) is 0.791. The fourth-order valence-electron chi connectivity index (χ4n) is 1.50. The highest BCUT2D eigenvalue weighted by molar-refractivity contribution is 7.80. The third-order valence-electron chi connectivity index (χ3n) is 2.15. The van der Waals surface area contributed by atoms with Gasteiger partial charge in [-0.1, -0.05) is 48.6 Å². The van der Waals surface area contributed by atoms with Crippen molar-refractivity contribution in [3.05, 3.63) is 42.5 Å². The molecule has 0 saturated carbocycles. The maximum absolute atomic E-state index is 11.2. The van der Waals surface area contributed by atoms with Gasteiger partial charge in [-0.3, -0.25) is 4.79 Å². The molecular weight excluding hydrogens is 206 g/mol. The number of hydrogen-bond donors (Lipinski definition) is 1. The van der Waals surface area contributed by atoms with Gasteiger partial charge in [0.1, 0.15) is 0 Å². The van der Waals surface area contributed by atoms with Crippen molar-refractivity contribution in [3.63, 3.8) is 0 Å². The molecule has 2 rings (SSSR count). The molecule has 2 aromatic rings. The summed E-state index contributed by atoms with van der Waals surface area (Å²) in [4.78, 5) is 11.2. The predicted molar refractivity (Wildman–Crippen MR) is 66.2 cm³/mol. The van der Waals surface area contributed by atoms with Crippen molar-refractivity contribution in [3.8, 4) is 0 Å². The van der Waals surface area contributed by atoms with Gasteiger partial charge in [0.2, 0.25) is 0 Å². The molecule has 0 fully saturated rings. The smallest absolute Gasteiger partial charge is 0.259 e. The number of amides is 1. The molecule has 0 aliphatic carbocycles. The molecule has 74 valence electrons. The van der Waals surface area contributed by atoms with Gasteiger partial charge in [0.15, 0.2) is 0 Å². The summed E-state index contributed by atoms with van der Waals surface area (Å²) in [7, 11) is 0. The Morgan fingerprint density at radius 1 is 1.13 bits per heavy atom. The average Bonchev–Trinajstić information content (AvgIpc) is 2.29. The molecule has 1 N–H and O–H groups in total. The van der Waals surface area contributed by atoms with Crippen LogP contribution in [0.15, 0.2) is 42.5 Å². The number of thiocarbonyl (C=S) groups is 1. The van der Waals surface area contributed by atoms with Crippen molar-refractivity contribution in [1.29, 1.82) is 0 Å². The molecule has 0 heterocycles. The van der Waals surface area contributed by atoms with Crippen LogP contribution in [0.1, 0.15) is 0 Å². The lowest BCUT2D eigenvalue weighted by atomic mass is 10.1. The minimum absolute atomic E-state index is 0.263. The Kier molecular flexibility index (Phi) is 2.74. The van der Waals surface area contributed by atoms with Gasteiger partial charge in [0, 0.05) is 11.1 Å². The molecule has 0 bridgehead atoms. The lowest BCUT2D eigenvalue weighted by Gasteiger charge is -2.05. The molecule has 0 aromatic heterocycles. The first-order valence-electron chi connectivity index (χ1n) is 4.55. The van der Waals surface area contributed by atoms with E-state index in [1.165, 1.54) is 0 Å². The number of nitrogens with one attached hydrogen (secondary N) is 1. The second-order valence-electron chi connectivity index (χ2n) is 3.13. The molecule has 0 radical (unpaired) electrons. The highest BCUT2D eigenvalue weighted by Crippen LogP contribution is 2.22. The molecule has 2 aromatic carbocycles. The summed E-state index contributed by atoms with van der Waals surface area (Å²) in [6.07, 6.45) is 0. The summed E-state index contributed by atoms with van der Waals surface area (Å²) in [6, 6.07) is 13.6. The summed E-state index contributed by atoms with van der Waals surface area (Å²) >= 11 is 4.56. The molecule has 15 heavy (non-hydrogen) atoms. The van der Waals surface area contributed by atoms with Crippen molar-refractivity contribution < 1.29 is 4.79 Å². The topological polar surface area (TPSA) is 29.1 Å². The van der Waals surface area contributed by atoms with E-state index >= 15 is 0 Å². The molecule has 0 atom stereocenters. The zero-order valence-electron chi connectivity index (χ0n) is 7.94. The Balaban J connectivity index is 2.51. The predicted octanol–water partition coefficient (Wildman–Crippen LogP) is 2.78. The zero-order chi connectivity index (χ0) is 10.7. The largest absolute Gasteiger partial charge is 0.321 e. The summed E-state index contributed by atoms with van der Waals surface area (Å²) < 4.78 is 0. The minimum Gasteiger partial charge on any atom is -0.321 e. The third-order valence-corrected chi connectivity index (χ3v) is 2.37. The van der Waals surface area contributed by atoms with Crippen LogP contribution < -0.4 is 5.32 Å². The highest BCUT2D eigenvalue weighted by atomic mass is 32.1. The van der Waals surface area contributed by atoms with Gasteiger partial charge in [-0.05, 0) is 11.5 Å². The van der Waals surface area contributed by atoms with Crippen LogP contribution in [0, 0.1) is 0 Å². The maximum Gasteiger partial charge on any atom is 0.259 e. The van der Waals surface area contributed by atoms with Gasteiger partial charge in [-0.15, -0.1) is 0 Å². The van der Waals surface area contributed by atoms with Crippen LogP contribution in [0.5, 0.6) is 0 Å². The molecule has 0 aliphatic rings. The van der Waals surface area contributed by atoms with E-state index in [0.717, 1.165) is 21.8 Å². The molecule has 0 aliphatic heterocycles. The van der Waals surface area contributed by atoms with Gasteiger partial charge in [0.05, 0.1) is 5.37 Å². The van der Waals surface area contributed by atoms with Crippen molar-refractivity contribution in [2.75, 3.05) is 5.32 Å². The van der Waals surface area contributed by atoms with Crippen molar-refractivity contribution in [1.82, 2.24) is 0 Å². The number of anilines is 1. The van der Waals surface area contributed by atoms with Crippen LogP contribution in [0.25, 0.3) is 10.8 Å². The minimum atomic E-state index is -0.263. The van der Waals surface area contributed by atoms with Crippen molar-refractivity contribution >= 4 is 40.0 Å². The SMILES string of the molecule is O=C(C=S)Nc1cccc2ccccc12. The Bertz CT molecular complexity index is 517. The van der Waals surface area contributed by atoms with E-state index in [2.05, 4.69) is 17.5 Å². The van der Waals surface area contributed by atoms with E-state index in [-0.39, 0.29) is 5.91 Å².